The first-order valence-corrected chi connectivity index (χ1v) is 6.93. The summed E-state index contributed by atoms with van der Waals surface area (Å²) in [6.07, 6.45) is 1.17. The van der Waals surface area contributed by atoms with Crippen LogP contribution in [0.2, 0.25) is 5.02 Å². The molecule has 2 unspecified atom stereocenters. The van der Waals surface area contributed by atoms with E-state index in [-0.39, 0.29) is 6.04 Å². The van der Waals surface area contributed by atoms with Gasteiger partial charge in [0.25, 0.3) is 0 Å². The number of hydrazine groups is 1. The summed E-state index contributed by atoms with van der Waals surface area (Å²) < 4.78 is 0. The third kappa shape index (κ3) is 3.98. The van der Waals surface area contributed by atoms with Gasteiger partial charge < -0.3 is 0 Å². The number of thioether (sulfide) groups is 1. The Morgan fingerprint density at radius 2 is 2.12 bits per heavy atom. The van der Waals surface area contributed by atoms with Crippen LogP contribution in [0.4, 0.5) is 0 Å². The fourth-order valence-corrected chi connectivity index (χ4v) is 2.66. The normalized spacial score (nSPS) is 14.8. The van der Waals surface area contributed by atoms with E-state index in [2.05, 4.69) is 19.3 Å². The smallest absolute Gasteiger partial charge is 0.0565 e. The Balaban J connectivity index is 2.64. The van der Waals surface area contributed by atoms with Crippen LogP contribution in [0.1, 0.15) is 31.9 Å². The second kappa shape index (κ2) is 7.17. The van der Waals surface area contributed by atoms with E-state index in [4.69, 9.17) is 17.4 Å². The maximum absolute atomic E-state index is 6.14. The SMILES string of the molecule is CCC(C)SCC(NN)c1ccccc1Cl. The quantitative estimate of drug-likeness (QED) is 0.607. The number of rotatable bonds is 6. The van der Waals surface area contributed by atoms with Gasteiger partial charge in [0, 0.05) is 16.0 Å². The molecule has 1 rings (SSSR count). The molecule has 3 N–H and O–H groups in total. The molecule has 0 radical (unpaired) electrons. The first kappa shape index (κ1) is 13.8. The Hall–Kier alpha value is -0.220. The van der Waals surface area contributed by atoms with Crippen molar-refractivity contribution in [3.63, 3.8) is 0 Å². The van der Waals surface area contributed by atoms with Crippen molar-refractivity contribution in [1.82, 2.24) is 5.43 Å². The van der Waals surface area contributed by atoms with Crippen LogP contribution in [0.15, 0.2) is 24.3 Å². The molecule has 0 aromatic heterocycles. The molecular weight excluding hydrogens is 240 g/mol. The van der Waals surface area contributed by atoms with Gasteiger partial charge in [0.1, 0.15) is 0 Å². The molecule has 0 fully saturated rings. The Bertz CT molecular complexity index is 320. The molecule has 16 heavy (non-hydrogen) atoms. The number of nitrogens with one attached hydrogen (secondary N) is 1. The Morgan fingerprint density at radius 1 is 1.44 bits per heavy atom. The van der Waals surface area contributed by atoms with E-state index in [9.17, 15) is 0 Å². The number of halogens is 1. The van der Waals surface area contributed by atoms with Crippen LogP contribution in [0, 0.1) is 0 Å². The Labute approximate surface area is 107 Å². The second-order valence-electron chi connectivity index (χ2n) is 3.79. The highest BCUT2D eigenvalue weighted by atomic mass is 35.5. The van der Waals surface area contributed by atoms with Crippen LogP contribution >= 0.6 is 23.4 Å². The van der Waals surface area contributed by atoms with Gasteiger partial charge in [0.05, 0.1) is 6.04 Å². The number of hydrogen-bond acceptors (Lipinski definition) is 3. The molecular formula is C12H19ClN2S. The van der Waals surface area contributed by atoms with E-state index < -0.39 is 0 Å². The average Bonchev–Trinajstić information content (AvgIpc) is 2.31. The molecule has 0 saturated carbocycles. The molecule has 1 aromatic carbocycles. The standard InChI is InChI=1S/C12H19ClN2S/c1-3-9(2)16-8-12(15-14)10-6-4-5-7-11(10)13/h4-7,9,12,15H,3,8,14H2,1-2H3. The van der Waals surface area contributed by atoms with Gasteiger partial charge in [-0.25, -0.2) is 0 Å². The van der Waals surface area contributed by atoms with Crippen molar-refractivity contribution in [1.29, 1.82) is 0 Å². The van der Waals surface area contributed by atoms with Gasteiger partial charge in [0.2, 0.25) is 0 Å². The third-order valence-corrected chi connectivity index (χ3v) is 4.38. The van der Waals surface area contributed by atoms with Crippen LogP contribution in [-0.2, 0) is 0 Å². The van der Waals surface area contributed by atoms with E-state index >= 15 is 0 Å². The molecule has 4 heteroatoms. The summed E-state index contributed by atoms with van der Waals surface area (Å²) in [6.45, 7) is 4.42. The van der Waals surface area contributed by atoms with Crippen LogP contribution in [-0.4, -0.2) is 11.0 Å². The van der Waals surface area contributed by atoms with Gasteiger partial charge in [-0.3, -0.25) is 11.3 Å². The molecule has 0 aliphatic carbocycles. The van der Waals surface area contributed by atoms with E-state index in [0.717, 1.165) is 16.3 Å². The minimum Gasteiger partial charge on any atom is -0.271 e. The molecule has 1 aromatic rings. The predicted octanol–water partition coefficient (Wildman–Crippen LogP) is 3.38. The molecule has 0 aliphatic rings. The topological polar surface area (TPSA) is 38.0 Å². The fourth-order valence-electron chi connectivity index (χ4n) is 1.36. The number of hydrogen-bond donors (Lipinski definition) is 2. The summed E-state index contributed by atoms with van der Waals surface area (Å²) in [7, 11) is 0. The van der Waals surface area contributed by atoms with Crippen molar-refractivity contribution in [2.24, 2.45) is 5.84 Å². The highest BCUT2D eigenvalue weighted by Crippen LogP contribution is 2.27. The monoisotopic (exact) mass is 258 g/mol. The Morgan fingerprint density at radius 3 is 2.69 bits per heavy atom. The molecule has 2 nitrogen and oxygen atoms in total. The molecule has 2 atom stereocenters. The first-order valence-electron chi connectivity index (χ1n) is 5.51. The average molecular weight is 259 g/mol. The van der Waals surface area contributed by atoms with Crippen molar-refractivity contribution in [3.05, 3.63) is 34.9 Å². The largest absolute Gasteiger partial charge is 0.271 e. The lowest BCUT2D eigenvalue weighted by Gasteiger charge is -2.19. The Kier molecular flexibility index (Phi) is 6.21. The molecule has 0 aliphatic heterocycles. The van der Waals surface area contributed by atoms with Crippen molar-refractivity contribution >= 4 is 23.4 Å². The van der Waals surface area contributed by atoms with Crippen molar-refractivity contribution in [2.75, 3.05) is 5.75 Å². The summed E-state index contributed by atoms with van der Waals surface area (Å²) in [4.78, 5) is 0. The minimum atomic E-state index is 0.118. The van der Waals surface area contributed by atoms with E-state index in [1.165, 1.54) is 6.42 Å². The van der Waals surface area contributed by atoms with Gasteiger partial charge in [0.15, 0.2) is 0 Å². The highest BCUT2D eigenvalue weighted by Gasteiger charge is 2.13. The molecule has 0 bridgehead atoms. The summed E-state index contributed by atoms with van der Waals surface area (Å²) in [5.41, 5.74) is 3.91. The molecule has 0 saturated heterocycles. The van der Waals surface area contributed by atoms with E-state index in [1.54, 1.807) is 0 Å². The van der Waals surface area contributed by atoms with Crippen molar-refractivity contribution < 1.29 is 0 Å². The minimum absolute atomic E-state index is 0.118. The number of benzene rings is 1. The van der Waals surface area contributed by atoms with Crippen LogP contribution < -0.4 is 11.3 Å². The van der Waals surface area contributed by atoms with Gasteiger partial charge >= 0.3 is 0 Å². The van der Waals surface area contributed by atoms with Gasteiger partial charge in [-0.15, -0.1) is 0 Å². The third-order valence-electron chi connectivity index (χ3n) is 2.60. The summed E-state index contributed by atoms with van der Waals surface area (Å²) >= 11 is 8.05. The summed E-state index contributed by atoms with van der Waals surface area (Å²) in [6, 6.07) is 7.95. The molecule has 90 valence electrons. The highest BCUT2D eigenvalue weighted by molar-refractivity contribution is 7.99. The second-order valence-corrected chi connectivity index (χ2v) is 5.67. The summed E-state index contributed by atoms with van der Waals surface area (Å²) in [5, 5.41) is 1.42. The number of nitrogens with two attached hydrogens (primary N) is 1. The molecule has 0 spiro atoms. The van der Waals surface area contributed by atoms with E-state index in [0.29, 0.717) is 5.25 Å². The summed E-state index contributed by atoms with van der Waals surface area (Å²) in [5.74, 6) is 6.52. The van der Waals surface area contributed by atoms with Crippen molar-refractivity contribution in [3.8, 4) is 0 Å². The van der Waals surface area contributed by atoms with Gasteiger partial charge in [-0.2, -0.15) is 11.8 Å². The maximum Gasteiger partial charge on any atom is 0.0565 e. The molecule has 0 heterocycles. The zero-order chi connectivity index (χ0) is 12.0. The lowest BCUT2D eigenvalue weighted by molar-refractivity contribution is 0.610. The van der Waals surface area contributed by atoms with Crippen LogP contribution in [0.25, 0.3) is 0 Å². The van der Waals surface area contributed by atoms with Crippen LogP contribution in [0.3, 0.4) is 0 Å². The van der Waals surface area contributed by atoms with Crippen LogP contribution in [0.5, 0.6) is 0 Å². The first-order chi connectivity index (χ1) is 7.69. The predicted molar refractivity (Wildman–Crippen MR) is 73.7 cm³/mol. The van der Waals surface area contributed by atoms with Gasteiger partial charge in [-0.05, 0) is 18.1 Å². The lowest BCUT2D eigenvalue weighted by atomic mass is 10.1. The lowest BCUT2D eigenvalue weighted by Crippen LogP contribution is -2.30. The van der Waals surface area contributed by atoms with E-state index in [1.807, 2.05) is 36.0 Å². The fraction of sp³-hybridized carbons (Fsp3) is 0.500. The maximum atomic E-state index is 6.14. The van der Waals surface area contributed by atoms with Crippen molar-refractivity contribution in [2.45, 2.75) is 31.6 Å². The zero-order valence-electron chi connectivity index (χ0n) is 9.74. The molecule has 0 amide bonds. The zero-order valence-corrected chi connectivity index (χ0v) is 11.3. The van der Waals surface area contributed by atoms with Gasteiger partial charge in [-0.1, -0.05) is 43.6 Å².